The first-order valence-electron chi connectivity index (χ1n) is 6.59. The number of hydrogen-bond acceptors (Lipinski definition) is 2. The molecule has 0 aromatic carbocycles. The van der Waals surface area contributed by atoms with Gasteiger partial charge < -0.3 is 10.6 Å². The maximum atomic E-state index is 7.43. The van der Waals surface area contributed by atoms with Gasteiger partial charge in [0.1, 0.15) is 0 Å². The molecule has 1 saturated carbocycles. The van der Waals surface area contributed by atoms with E-state index in [0.29, 0.717) is 17.9 Å². The Morgan fingerprint density at radius 2 is 2.19 bits per heavy atom. The Labute approximate surface area is 99.9 Å². The summed E-state index contributed by atoms with van der Waals surface area (Å²) in [5, 5.41) is 7.43. The van der Waals surface area contributed by atoms with Gasteiger partial charge in [-0.15, -0.1) is 0 Å². The van der Waals surface area contributed by atoms with Crippen LogP contribution in [0.5, 0.6) is 0 Å². The fourth-order valence-electron chi connectivity index (χ4n) is 2.90. The molecular weight excluding hydrogens is 198 g/mol. The maximum Gasteiger partial charge on any atom is 0.0921 e. The highest BCUT2D eigenvalue weighted by atomic mass is 15.2. The lowest BCUT2D eigenvalue weighted by molar-refractivity contribution is 0.118. The van der Waals surface area contributed by atoms with Crippen molar-refractivity contribution in [2.75, 3.05) is 7.05 Å². The van der Waals surface area contributed by atoms with Crippen LogP contribution in [0.3, 0.4) is 0 Å². The van der Waals surface area contributed by atoms with Gasteiger partial charge in [-0.1, -0.05) is 26.7 Å². The van der Waals surface area contributed by atoms with Gasteiger partial charge in [0.15, 0.2) is 0 Å². The lowest BCUT2D eigenvalue weighted by atomic mass is 9.85. The predicted octanol–water partition coefficient (Wildman–Crippen LogP) is 2.60. The predicted molar refractivity (Wildman–Crippen MR) is 69.8 cm³/mol. The van der Waals surface area contributed by atoms with Crippen LogP contribution in [0.1, 0.15) is 52.4 Å². The smallest absolute Gasteiger partial charge is 0.0921 e. The summed E-state index contributed by atoms with van der Waals surface area (Å²) >= 11 is 0. The van der Waals surface area contributed by atoms with Crippen molar-refractivity contribution in [1.29, 1.82) is 5.41 Å². The van der Waals surface area contributed by atoms with Crippen LogP contribution < -0.4 is 5.73 Å². The zero-order valence-electron chi connectivity index (χ0n) is 11.0. The van der Waals surface area contributed by atoms with Gasteiger partial charge in [0.05, 0.1) is 5.84 Å². The highest BCUT2D eigenvalue weighted by Gasteiger charge is 2.26. The second-order valence-corrected chi connectivity index (χ2v) is 5.38. The number of amidine groups is 1. The Hall–Kier alpha value is -0.570. The first-order chi connectivity index (χ1) is 7.54. The molecule has 0 aromatic heterocycles. The molecule has 3 nitrogen and oxygen atoms in total. The SMILES string of the molecule is CCC(CC(=N)N)N(C)C1CCCC(C)C1. The third-order valence-corrected chi connectivity index (χ3v) is 3.99. The fraction of sp³-hybridized carbons (Fsp3) is 0.923. The van der Waals surface area contributed by atoms with Crippen molar-refractivity contribution in [3.8, 4) is 0 Å². The number of nitrogens with one attached hydrogen (secondary N) is 1. The minimum atomic E-state index is 0.322. The van der Waals surface area contributed by atoms with Crippen molar-refractivity contribution in [2.45, 2.75) is 64.5 Å². The minimum Gasteiger partial charge on any atom is -0.388 e. The molecule has 0 aromatic rings. The van der Waals surface area contributed by atoms with Crippen LogP contribution in [0.4, 0.5) is 0 Å². The van der Waals surface area contributed by atoms with Crippen LogP contribution in [0, 0.1) is 11.3 Å². The second kappa shape index (κ2) is 6.24. The van der Waals surface area contributed by atoms with Crippen molar-refractivity contribution in [2.24, 2.45) is 11.7 Å². The van der Waals surface area contributed by atoms with Crippen LogP contribution in [-0.2, 0) is 0 Å². The Kier molecular flexibility index (Phi) is 5.26. The molecule has 0 amide bonds. The van der Waals surface area contributed by atoms with E-state index in [-0.39, 0.29) is 0 Å². The molecule has 0 saturated heterocycles. The van der Waals surface area contributed by atoms with Crippen molar-refractivity contribution in [1.82, 2.24) is 4.90 Å². The van der Waals surface area contributed by atoms with Gasteiger partial charge in [-0.25, -0.2) is 0 Å². The molecule has 0 radical (unpaired) electrons. The Bertz CT molecular complexity index is 227. The van der Waals surface area contributed by atoms with E-state index in [2.05, 4.69) is 25.8 Å². The van der Waals surface area contributed by atoms with Gasteiger partial charge >= 0.3 is 0 Å². The van der Waals surface area contributed by atoms with E-state index in [1.54, 1.807) is 0 Å². The zero-order chi connectivity index (χ0) is 12.1. The first-order valence-corrected chi connectivity index (χ1v) is 6.59. The van der Waals surface area contributed by atoms with Crippen LogP contribution in [-0.4, -0.2) is 29.9 Å². The molecule has 3 unspecified atom stereocenters. The molecule has 3 heteroatoms. The number of nitrogens with two attached hydrogens (primary N) is 1. The van der Waals surface area contributed by atoms with Crippen molar-refractivity contribution in [3.63, 3.8) is 0 Å². The third-order valence-electron chi connectivity index (χ3n) is 3.99. The minimum absolute atomic E-state index is 0.322. The van der Waals surface area contributed by atoms with Crippen molar-refractivity contribution >= 4 is 5.84 Å². The van der Waals surface area contributed by atoms with Crippen LogP contribution in [0.2, 0.25) is 0 Å². The molecule has 1 fully saturated rings. The van der Waals surface area contributed by atoms with Crippen LogP contribution >= 0.6 is 0 Å². The Morgan fingerprint density at radius 1 is 1.50 bits per heavy atom. The summed E-state index contributed by atoms with van der Waals surface area (Å²) in [6.07, 6.45) is 7.17. The molecule has 3 atom stereocenters. The monoisotopic (exact) mass is 225 g/mol. The summed E-state index contributed by atoms with van der Waals surface area (Å²) in [6.45, 7) is 4.54. The average Bonchev–Trinajstić information content (AvgIpc) is 2.24. The van der Waals surface area contributed by atoms with E-state index >= 15 is 0 Å². The largest absolute Gasteiger partial charge is 0.388 e. The first kappa shape index (κ1) is 13.5. The van der Waals surface area contributed by atoms with E-state index in [1.807, 2.05) is 0 Å². The van der Waals surface area contributed by atoms with Gasteiger partial charge in [0, 0.05) is 18.5 Å². The molecule has 1 aliphatic rings. The van der Waals surface area contributed by atoms with E-state index in [9.17, 15) is 0 Å². The zero-order valence-corrected chi connectivity index (χ0v) is 11.0. The highest BCUT2D eigenvalue weighted by molar-refractivity contribution is 5.77. The highest BCUT2D eigenvalue weighted by Crippen LogP contribution is 2.28. The van der Waals surface area contributed by atoms with Gasteiger partial charge in [-0.2, -0.15) is 0 Å². The lowest BCUT2D eigenvalue weighted by Crippen LogP contribution is -2.43. The molecule has 0 heterocycles. The van der Waals surface area contributed by atoms with Crippen molar-refractivity contribution < 1.29 is 0 Å². The normalized spacial score (nSPS) is 28.0. The Balaban J connectivity index is 2.52. The summed E-state index contributed by atoms with van der Waals surface area (Å²) in [5.41, 5.74) is 5.52. The van der Waals surface area contributed by atoms with Crippen molar-refractivity contribution in [3.05, 3.63) is 0 Å². The van der Waals surface area contributed by atoms with Gasteiger partial charge in [0.25, 0.3) is 0 Å². The average molecular weight is 225 g/mol. The summed E-state index contributed by atoms with van der Waals surface area (Å²) in [7, 11) is 2.21. The molecule has 0 bridgehead atoms. The summed E-state index contributed by atoms with van der Waals surface area (Å²) in [6, 6.07) is 1.15. The van der Waals surface area contributed by atoms with Gasteiger partial charge in [-0.3, -0.25) is 5.41 Å². The third kappa shape index (κ3) is 3.78. The Morgan fingerprint density at radius 3 is 2.69 bits per heavy atom. The second-order valence-electron chi connectivity index (χ2n) is 5.38. The van der Waals surface area contributed by atoms with E-state index in [4.69, 9.17) is 11.1 Å². The molecule has 0 spiro atoms. The maximum absolute atomic E-state index is 7.43. The number of nitrogens with zero attached hydrogens (tertiary/aromatic N) is 1. The molecule has 94 valence electrons. The lowest BCUT2D eigenvalue weighted by Gasteiger charge is -2.38. The molecule has 3 N–H and O–H groups in total. The standard InChI is InChI=1S/C13H27N3/c1-4-11(9-13(14)15)16(3)12-7-5-6-10(2)8-12/h10-12H,4-9H2,1-3H3,(H3,14,15). The summed E-state index contributed by atoms with van der Waals surface area (Å²) in [4.78, 5) is 2.47. The van der Waals surface area contributed by atoms with E-state index in [1.165, 1.54) is 25.7 Å². The molecule has 0 aliphatic heterocycles. The van der Waals surface area contributed by atoms with E-state index < -0.39 is 0 Å². The van der Waals surface area contributed by atoms with Crippen LogP contribution in [0.15, 0.2) is 0 Å². The molecule has 1 aliphatic carbocycles. The summed E-state index contributed by atoms with van der Waals surface area (Å²) in [5.74, 6) is 1.18. The fourth-order valence-corrected chi connectivity index (χ4v) is 2.90. The van der Waals surface area contributed by atoms with E-state index in [0.717, 1.165) is 18.8 Å². The number of rotatable bonds is 5. The molecule has 16 heavy (non-hydrogen) atoms. The number of hydrogen-bond donors (Lipinski definition) is 2. The molecule has 1 rings (SSSR count). The summed E-state index contributed by atoms with van der Waals surface area (Å²) < 4.78 is 0. The van der Waals surface area contributed by atoms with Gasteiger partial charge in [0.2, 0.25) is 0 Å². The topological polar surface area (TPSA) is 53.1 Å². The van der Waals surface area contributed by atoms with Gasteiger partial charge in [-0.05, 0) is 32.2 Å². The van der Waals surface area contributed by atoms with Crippen LogP contribution in [0.25, 0.3) is 0 Å². The quantitative estimate of drug-likeness (QED) is 0.558. The molecular formula is C13H27N3.